The maximum atomic E-state index is 13.1. The number of aromatic amines is 1. The van der Waals surface area contributed by atoms with E-state index in [0.717, 1.165) is 24.1 Å². The normalized spacial score (nSPS) is 12.1. The van der Waals surface area contributed by atoms with Crippen LogP contribution in [-0.4, -0.2) is 72.6 Å². The number of nitrogens with zero attached hydrogens (tertiary/aromatic N) is 5. The Morgan fingerprint density at radius 1 is 1.21 bits per heavy atom. The van der Waals surface area contributed by atoms with Gasteiger partial charge in [-0.05, 0) is 49.8 Å². The number of nitrogens with one attached hydrogen (secondary N) is 3. The van der Waals surface area contributed by atoms with Crippen LogP contribution in [0.3, 0.4) is 0 Å². The van der Waals surface area contributed by atoms with Crippen molar-refractivity contribution < 1.29 is 19.5 Å². The highest BCUT2D eigenvalue weighted by Gasteiger charge is 2.21. The van der Waals surface area contributed by atoms with Crippen LogP contribution in [0.1, 0.15) is 44.6 Å². The van der Waals surface area contributed by atoms with Crippen molar-refractivity contribution in [1.29, 1.82) is 0 Å². The predicted octanol–water partition coefficient (Wildman–Crippen LogP) is 2.15. The minimum atomic E-state index is -1.38. The van der Waals surface area contributed by atoms with Crippen molar-refractivity contribution >= 4 is 34.8 Å². The summed E-state index contributed by atoms with van der Waals surface area (Å²) in [6.07, 6.45) is 6.67. The number of fused-ring (bicyclic) bond motifs is 1. The molecule has 0 saturated heterocycles. The van der Waals surface area contributed by atoms with Crippen LogP contribution in [0.4, 0.5) is 10.5 Å². The summed E-state index contributed by atoms with van der Waals surface area (Å²) in [4.78, 5) is 66.5. The molecule has 0 aliphatic carbocycles. The van der Waals surface area contributed by atoms with Gasteiger partial charge >= 0.3 is 6.09 Å². The van der Waals surface area contributed by atoms with Crippen LogP contribution in [0.5, 0.6) is 0 Å². The van der Waals surface area contributed by atoms with E-state index in [9.17, 15) is 19.2 Å². The largest absolute Gasteiger partial charge is 0.465 e. The molecule has 1 atom stereocenters. The fourth-order valence-corrected chi connectivity index (χ4v) is 3.77. The Hall–Kier alpha value is -4.55. The number of carboxylic acid groups (broad SMARTS) is 1. The molecule has 0 radical (unpaired) electrons. The predicted molar refractivity (Wildman–Crippen MR) is 145 cm³/mol. The highest BCUT2D eigenvalue weighted by molar-refractivity contribution is 5.96. The van der Waals surface area contributed by atoms with Gasteiger partial charge in [0.05, 0.1) is 12.2 Å². The minimum Gasteiger partial charge on any atom is -0.465 e. The van der Waals surface area contributed by atoms with E-state index in [1.807, 2.05) is 0 Å². The maximum Gasteiger partial charge on any atom is 0.405 e. The van der Waals surface area contributed by atoms with Gasteiger partial charge in [0.1, 0.15) is 29.4 Å². The number of aryl methyl sites for hydroxylation is 1. The molecule has 0 aliphatic heterocycles. The van der Waals surface area contributed by atoms with E-state index in [0.29, 0.717) is 17.4 Å². The number of hydrogen-bond acceptors (Lipinski definition) is 7. The Bertz CT molecular complexity index is 1410. The van der Waals surface area contributed by atoms with Gasteiger partial charge in [0.25, 0.3) is 5.56 Å². The molecule has 0 aromatic carbocycles. The van der Waals surface area contributed by atoms with Crippen LogP contribution in [0.25, 0.3) is 11.2 Å². The van der Waals surface area contributed by atoms with Crippen LogP contribution in [0, 0.1) is 5.92 Å². The quantitative estimate of drug-likeness (QED) is 0.254. The number of pyridine rings is 1. The molecule has 3 heterocycles. The number of hydrogen-bond donors (Lipinski definition) is 4. The van der Waals surface area contributed by atoms with Gasteiger partial charge in [0, 0.05) is 20.3 Å². The van der Waals surface area contributed by atoms with Crippen LogP contribution in [-0.2, 0) is 22.6 Å². The Balaban J connectivity index is 1.73. The smallest absolute Gasteiger partial charge is 0.405 e. The van der Waals surface area contributed by atoms with Crippen LogP contribution >= 0.6 is 0 Å². The van der Waals surface area contributed by atoms with Crippen molar-refractivity contribution in [2.45, 2.75) is 52.1 Å². The number of amides is 3. The SMILES string of the molecule is CC(C)CCc1ncnc2nc(Cn3cccc(NC(=O)C(CCC=CC(=O)N(C)C)NC(=O)O)c3=O)[nH]c12. The van der Waals surface area contributed by atoms with Gasteiger partial charge in [-0.2, -0.15) is 0 Å². The molecule has 0 saturated carbocycles. The summed E-state index contributed by atoms with van der Waals surface area (Å²) in [5.74, 6) is 0.109. The number of H-pyrrole nitrogens is 1. The molecular formula is C26H34N8O5. The number of carbonyl (C=O) groups excluding carboxylic acids is 2. The summed E-state index contributed by atoms with van der Waals surface area (Å²) in [6, 6.07) is 1.91. The first kappa shape index (κ1) is 29.0. The number of aromatic nitrogens is 5. The first-order valence-corrected chi connectivity index (χ1v) is 12.6. The average molecular weight is 539 g/mol. The van der Waals surface area contributed by atoms with Gasteiger partial charge in [-0.25, -0.2) is 19.7 Å². The zero-order valence-corrected chi connectivity index (χ0v) is 22.5. The highest BCUT2D eigenvalue weighted by atomic mass is 16.4. The van der Waals surface area contributed by atoms with Crippen molar-refractivity contribution in [3.05, 3.63) is 58.7 Å². The van der Waals surface area contributed by atoms with Crippen molar-refractivity contribution in [1.82, 2.24) is 34.7 Å². The molecule has 0 aliphatic rings. The molecular weight excluding hydrogens is 504 g/mol. The number of anilines is 1. The lowest BCUT2D eigenvalue weighted by Crippen LogP contribution is -2.44. The standard InChI is InChI=1S/C26H34N8O5/c1-16(2)11-12-17-22-23(28-15-27-17)32-20(31-22)14-34-13-7-9-19(25(34)37)29-24(36)18(30-26(38)39)8-5-6-10-21(35)33(3)4/h6-7,9-10,13,15-16,18,30H,5,8,11-12,14H2,1-4H3,(H,29,36)(H,38,39)(H,27,28,31,32). The van der Waals surface area contributed by atoms with Crippen molar-refractivity contribution in [2.24, 2.45) is 5.92 Å². The molecule has 1 unspecified atom stereocenters. The third-order valence-electron chi connectivity index (χ3n) is 5.91. The molecule has 3 rings (SSSR count). The number of likely N-dealkylation sites (N-methyl/N-ethyl adjacent to an activating group) is 1. The molecule has 3 aromatic rings. The third-order valence-corrected chi connectivity index (χ3v) is 5.91. The molecule has 0 spiro atoms. The van der Waals surface area contributed by atoms with Gasteiger partial charge < -0.3 is 30.2 Å². The summed E-state index contributed by atoms with van der Waals surface area (Å²) in [5.41, 5.74) is 1.61. The van der Waals surface area contributed by atoms with Crippen molar-refractivity contribution in [3.8, 4) is 0 Å². The number of rotatable bonds is 12. The Morgan fingerprint density at radius 3 is 2.67 bits per heavy atom. The topological polar surface area (TPSA) is 175 Å². The van der Waals surface area contributed by atoms with E-state index < -0.39 is 23.6 Å². The summed E-state index contributed by atoms with van der Waals surface area (Å²) in [5, 5.41) is 13.8. The van der Waals surface area contributed by atoms with Crippen LogP contribution in [0.2, 0.25) is 0 Å². The van der Waals surface area contributed by atoms with E-state index in [1.165, 1.54) is 27.9 Å². The van der Waals surface area contributed by atoms with E-state index in [2.05, 4.69) is 44.4 Å². The molecule has 39 heavy (non-hydrogen) atoms. The summed E-state index contributed by atoms with van der Waals surface area (Å²) in [7, 11) is 3.21. The van der Waals surface area contributed by atoms with Crippen molar-refractivity contribution in [3.63, 3.8) is 0 Å². The molecule has 3 aromatic heterocycles. The Morgan fingerprint density at radius 2 is 1.97 bits per heavy atom. The number of allylic oxidation sites excluding steroid dienone is 1. The summed E-state index contributed by atoms with van der Waals surface area (Å²) >= 11 is 0. The van der Waals surface area contributed by atoms with E-state index in [4.69, 9.17) is 5.11 Å². The Kier molecular flexibility index (Phi) is 9.90. The maximum absolute atomic E-state index is 13.1. The third kappa shape index (κ3) is 8.22. The number of imidazole rings is 1. The molecule has 4 N–H and O–H groups in total. The average Bonchev–Trinajstić information content (AvgIpc) is 3.29. The van der Waals surface area contributed by atoms with E-state index in [1.54, 1.807) is 32.4 Å². The molecule has 208 valence electrons. The van der Waals surface area contributed by atoms with Gasteiger partial charge in [0.2, 0.25) is 11.8 Å². The molecule has 0 bridgehead atoms. The fraction of sp³-hybridized carbons (Fsp3) is 0.423. The second kappa shape index (κ2) is 13.3. The van der Waals surface area contributed by atoms with Crippen LogP contribution in [0.15, 0.2) is 41.6 Å². The molecule has 0 fully saturated rings. The van der Waals surface area contributed by atoms with Gasteiger partial charge in [-0.3, -0.25) is 14.4 Å². The van der Waals surface area contributed by atoms with E-state index >= 15 is 0 Å². The second-order valence-corrected chi connectivity index (χ2v) is 9.69. The van der Waals surface area contributed by atoms with E-state index in [-0.39, 0.29) is 31.0 Å². The first-order valence-electron chi connectivity index (χ1n) is 12.6. The molecule has 13 heteroatoms. The molecule has 13 nitrogen and oxygen atoms in total. The van der Waals surface area contributed by atoms with Crippen molar-refractivity contribution in [2.75, 3.05) is 19.4 Å². The lowest BCUT2D eigenvalue weighted by Gasteiger charge is -2.16. The summed E-state index contributed by atoms with van der Waals surface area (Å²) in [6.45, 7) is 4.38. The van der Waals surface area contributed by atoms with Gasteiger partial charge in [-0.1, -0.05) is 19.9 Å². The zero-order chi connectivity index (χ0) is 28.5. The highest BCUT2D eigenvalue weighted by Crippen LogP contribution is 2.16. The first-order chi connectivity index (χ1) is 18.5. The lowest BCUT2D eigenvalue weighted by atomic mass is 10.1. The molecule has 3 amide bonds. The zero-order valence-electron chi connectivity index (χ0n) is 22.5. The lowest BCUT2D eigenvalue weighted by molar-refractivity contribution is -0.123. The summed E-state index contributed by atoms with van der Waals surface area (Å²) < 4.78 is 1.38. The Labute approximate surface area is 225 Å². The second-order valence-electron chi connectivity index (χ2n) is 9.69. The minimum absolute atomic E-state index is 0.00783. The van der Waals surface area contributed by atoms with Crippen LogP contribution < -0.4 is 16.2 Å². The fourth-order valence-electron chi connectivity index (χ4n) is 3.77. The number of carbonyl (C=O) groups is 3. The van der Waals surface area contributed by atoms with Gasteiger partial charge in [0.15, 0.2) is 5.65 Å². The monoisotopic (exact) mass is 538 g/mol. The van der Waals surface area contributed by atoms with Gasteiger partial charge in [-0.15, -0.1) is 0 Å².